The van der Waals surface area contributed by atoms with E-state index >= 15 is 0 Å². The molecule has 1 aliphatic heterocycles. The van der Waals surface area contributed by atoms with Crippen molar-refractivity contribution < 1.29 is 42.4 Å². The summed E-state index contributed by atoms with van der Waals surface area (Å²) in [5.74, 6) is 1.09. The molecule has 2 heterocycles. The van der Waals surface area contributed by atoms with Gasteiger partial charge in [-0.15, -0.1) is 0 Å². The van der Waals surface area contributed by atoms with Crippen molar-refractivity contribution in [2.45, 2.75) is 0 Å². The predicted octanol–water partition coefficient (Wildman–Crippen LogP) is 1.96. The van der Waals surface area contributed by atoms with E-state index in [1.165, 1.54) is 6.07 Å². The Morgan fingerprint density at radius 1 is 0.780 bits per heavy atom. The van der Waals surface area contributed by atoms with Crippen molar-refractivity contribution >= 4 is 16.9 Å². The zero-order valence-electron chi connectivity index (χ0n) is 22.9. The van der Waals surface area contributed by atoms with Gasteiger partial charge < -0.3 is 48.6 Å². The molecule has 0 saturated heterocycles. The Morgan fingerprint density at radius 2 is 1.39 bits per heavy atom. The molecular weight excluding hydrogens is 536 g/mol. The fourth-order valence-electron chi connectivity index (χ4n) is 3.91. The third kappa shape index (κ3) is 9.25. The molecule has 0 spiro atoms. The minimum Gasteiger partial charge on any atom is -0.453 e. The van der Waals surface area contributed by atoms with Gasteiger partial charge in [0, 0.05) is 30.3 Å². The summed E-state index contributed by atoms with van der Waals surface area (Å²) in [6.07, 6.45) is 0. The Kier molecular flexibility index (Phi) is 12.4. The minimum absolute atomic E-state index is 0.0748. The fourth-order valence-corrected chi connectivity index (χ4v) is 3.91. The number of hydrogen-bond acceptors (Lipinski definition) is 11. The molecule has 0 saturated carbocycles. The molecule has 0 atom stereocenters. The number of nitrogens with two attached hydrogens (primary N) is 1. The molecular formula is C29H36N2O10. The van der Waals surface area contributed by atoms with Gasteiger partial charge in [-0.2, -0.15) is 0 Å². The van der Waals surface area contributed by atoms with E-state index in [-0.39, 0.29) is 18.1 Å². The third-order valence-corrected chi connectivity index (χ3v) is 5.95. The summed E-state index contributed by atoms with van der Waals surface area (Å²) in [4.78, 5) is 25.1. The smallest absolute Gasteiger partial charge is 0.251 e. The first-order valence-electron chi connectivity index (χ1n) is 13.5. The van der Waals surface area contributed by atoms with Crippen LogP contribution in [0.3, 0.4) is 0 Å². The highest BCUT2D eigenvalue weighted by Gasteiger charge is 2.21. The van der Waals surface area contributed by atoms with E-state index in [1.807, 2.05) is 0 Å². The molecule has 0 aliphatic carbocycles. The third-order valence-electron chi connectivity index (χ3n) is 5.95. The molecule has 0 bridgehead atoms. The van der Waals surface area contributed by atoms with Crippen LogP contribution < -0.4 is 26.0 Å². The Bertz CT molecular complexity index is 1300. The number of rotatable bonds is 19. The Morgan fingerprint density at radius 3 is 2.02 bits per heavy atom. The molecule has 41 heavy (non-hydrogen) atoms. The van der Waals surface area contributed by atoms with Crippen LogP contribution in [-0.4, -0.2) is 91.9 Å². The molecule has 0 radical (unpaired) electrons. The van der Waals surface area contributed by atoms with Gasteiger partial charge in [0.1, 0.15) is 5.76 Å². The minimum atomic E-state index is -0.232. The second-order valence-corrected chi connectivity index (χ2v) is 8.83. The zero-order chi connectivity index (χ0) is 28.7. The van der Waals surface area contributed by atoms with E-state index in [9.17, 15) is 9.59 Å². The van der Waals surface area contributed by atoms with Crippen molar-refractivity contribution in [1.82, 2.24) is 5.32 Å². The first kappa shape index (κ1) is 30.4. The average molecular weight is 573 g/mol. The summed E-state index contributed by atoms with van der Waals surface area (Å²) in [5.41, 5.74) is 6.60. The van der Waals surface area contributed by atoms with Gasteiger partial charge in [-0.1, -0.05) is 12.1 Å². The van der Waals surface area contributed by atoms with Crippen molar-refractivity contribution in [2.24, 2.45) is 5.73 Å². The van der Waals surface area contributed by atoms with Gasteiger partial charge in [0.2, 0.25) is 12.5 Å². The summed E-state index contributed by atoms with van der Waals surface area (Å²) in [6.45, 7) is 5.65. The Balaban J connectivity index is 1.07. The van der Waals surface area contributed by atoms with Gasteiger partial charge in [-0.3, -0.25) is 9.59 Å². The molecule has 3 N–H and O–H groups in total. The highest BCUT2D eigenvalue weighted by Crippen LogP contribution is 2.39. The topological polar surface area (TPSA) is 150 Å². The number of benzene rings is 2. The SMILES string of the molecule is NCCOCCOCCOCCOCCOCCNC(=O)c1ccc(-c2cc(=O)c3ccc4c(c3o2)OCO4)cc1. The molecule has 4 rings (SSSR count). The van der Waals surface area contributed by atoms with E-state index in [0.717, 1.165) is 0 Å². The van der Waals surface area contributed by atoms with Gasteiger partial charge in [-0.05, 0) is 24.3 Å². The summed E-state index contributed by atoms with van der Waals surface area (Å²) < 4.78 is 43.8. The highest BCUT2D eigenvalue weighted by atomic mass is 16.7. The van der Waals surface area contributed by atoms with E-state index in [2.05, 4.69) is 5.32 Å². The van der Waals surface area contributed by atoms with Gasteiger partial charge >= 0.3 is 0 Å². The van der Waals surface area contributed by atoms with Gasteiger partial charge in [0.15, 0.2) is 16.8 Å². The van der Waals surface area contributed by atoms with Crippen LogP contribution in [0.2, 0.25) is 0 Å². The second-order valence-electron chi connectivity index (χ2n) is 8.83. The zero-order valence-corrected chi connectivity index (χ0v) is 22.9. The average Bonchev–Trinajstić information content (AvgIpc) is 3.48. The molecule has 12 heteroatoms. The van der Waals surface area contributed by atoms with Gasteiger partial charge in [0.25, 0.3) is 5.91 Å². The number of carbonyl (C=O) groups excluding carboxylic acids is 1. The maximum absolute atomic E-state index is 12.6. The van der Waals surface area contributed by atoms with E-state index in [1.54, 1.807) is 36.4 Å². The summed E-state index contributed by atoms with van der Waals surface area (Å²) in [5, 5.41) is 3.23. The lowest BCUT2D eigenvalue weighted by atomic mass is 10.1. The van der Waals surface area contributed by atoms with E-state index in [0.29, 0.717) is 119 Å². The number of ether oxygens (including phenoxy) is 7. The number of fused-ring (bicyclic) bond motifs is 3. The summed E-state index contributed by atoms with van der Waals surface area (Å²) in [7, 11) is 0. The standard InChI is InChI=1S/C29H36N2O10/c30-7-9-34-11-13-36-15-17-38-18-16-37-14-12-35-10-8-31-29(33)22-3-1-21(2-4-22)26-19-24(32)23-5-6-25-28(27(23)41-26)40-20-39-25/h1-6,19H,7-18,20,30H2,(H,31,33). The molecule has 2 aromatic carbocycles. The van der Waals surface area contributed by atoms with Crippen molar-refractivity contribution in [3.63, 3.8) is 0 Å². The molecule has 1 aromatic heterocycles. The lowest BCUT2D eigenvalue weighted by Gasteiger charge is -2.09. The summed E-state index contributed by atoms with van der Waals surface area (Å²) in [6, 6.07) is 11.6. The van der Waals surface area contributed by atoms with E-state index in [4.69, 9.17) is 43.3 Å². The van der Waals surface area contributed by atoms with Crippen LogP contribution in [0.15, 0.2) is 51.7 Å². The van der Waals surface area contributed by atoms with Crippen molar-refractivity contribution in [2.75, 3.05) is 86.0 Å². The van der Waals surface area contributed by atoms with Gasteiger partial charge in [0.05, 0.1) is 71.5 Å². The molecule has 1 amide bonds. The summed E-state index contributed by atoms with van der Waals surface area (Å²) >= 11 is 0. The predicted molar refractivity (Wildman–Crippen MR) is 150 cm³/mol. The van der Waals surface area contributed by atoms with Crippen LogP contribution in [0.1, 0.15) is 10.4 Å². The molecule has 1 aliphatic rings. The lowest BCUT2D eigenvalue weighted by Crippen LogP contribution is -2.27. The highest BCUT2D eigenvalue weighted by molar-refractivity contribution is 5.94. The number of hydrogen-bond donors (Lipinski definition) is 2. The largest absolute Gasteiger partial charge is 0.453 e. The van der Waals surface area contributed by atoms with Crippen molar-refractivity contribution in [3.8, 4) is 22.8 Å². The Hall–Kier alpha value is -3.52. The molecule has 3 aromatic rings. The lowest BCUT2D eigenvalue weighted by molar-refractivity contribution is -0.0102. The first-order valence-corrected chi connectivity index (χ1v) is 13.5. The fraction of sp³-hybridized carbons (Fsp3) is 0.448. The van der Waals surface area contributed by atoms with Crippen LogP contribution in [0, 0.1) is 0 Å². The van der Waals surface area contributed by atoms with Crippen LogP contribution in [-0.2, 0) is 23.7 Å². The number of carbonyl (C=O) groups is 1. The normalized spacial score (nSPS) is 12.2. The molecule has 0 unspecified atom stereocenters. The Labute approximate surface area is 237 Å². The van der Waals surface area contributed by atoms with E-state index < -0.39 is 0 Å². The van der Waals surface area contributed by atoms with Crippen LogP contribution in [0.5, 0.6) is 11.5 Å². The molecule has 0 fully saturated rings. The molecule has 12 nitrogen and oxygen atoms in total. The van der Waals surface area contributed by atoms with Crippen molar-refractivity contribution in [1.29, 1.82) is 0 Å². The maximum atomic E-state index is 12.6. The van der Waals surface area contributed by atoms with Crippen LogP contribution in [0.4, 0.5) is 0 Å². The quantitative estimate of drug-likeness (QED) is 0.203. The molecule has 222 valence electrons. The second kappa shape index (κ2) is 16.7. The van der Waals surface area contributed by atoms with Gasteiger partial charge in [-0.25, -0.2) is 0 Å². The van der Waals surface area contributed by atoms with Crippen molar-refractivity contribution in [3.05, 3.63) is 58.3 Å². The number of amides is 1. The number of nitrogens with one attached hydrogen (secondary N) is 1. The van der Waals surface area contributed by atoms with Crippen LogP contribution in [0.25, 0.3) is 22.3 Å². The maximum Gasteiger partial charge on any atom is 0.251 e. The first-order chi connectivity index (χ1) is 20.2. The monoisotopic (exact) mass is 572 g/mol. The van der Waals surface area contributed by atoms with Crippen LogP contribution >= 0.6 is 0 Å².